The number of amides is 2. The van der Waals surface area contributed by atoms with Crippen molar-refractivity contribution >= 4 is 23.5 Å². The number of carbonyl (C=O) groups is 3. The Balaban J connectivity index is 2.52. The molecule has 0 spiro atoms. The van der Waals surface area contributed by atoms with E-state index in [9.17, 15) is 14.4 Å². The Kier molecular flexibility index (Phi) is 3.12. The van der Waals surface area contributed by atoms with Crippen LogP contribution in [0.3, 0.4) is 0 Å². The molecule has 1 fully saturated rings. The standard InChI is InChI=1S/C12H11NO5/c1-7-2-3-9(8(4-7)12(16)17)13-10(14)5-18-6-11(13)15/h2-4H,5-6H2,1H3,(H,16,17). The van der Waals surface area contributed by atoms with Crippen LogP contribution < -0.4 is 4.90 Å². The third-order valence-electron chi connectivity index (χ3n) is 2.57. The summed E-state index contributed by atoms with van der Waals surface area (Å²) < 4.78 is 4.78. The minimum absolute atomic E-state index is 0.0707. The lowest BCUT2D eigenvalue weighted by Crippen LogP contribution is -2.47. The van der Waals surface area contributed by atoms with Crippen LogP contribution >= 0.6 is 0 Å². The highest BCUT2D eigenvalue weighted by Crippen LogP contribution is 2.24. The highest BCUT2D eigenvalue weighted by atomic mass is 16.5. The number of aryl methyl sites for hydroxylation is 1. The summed E-state index contributed by atoms with van der Waals surface area (Å²) >= 11 is 0. The van der Waals surface area contributed by atoms with E-state index in [1.807, 2.05) is 0 Å². The Morgan fingerprint density at radius 3 is 2.44 bits per heavy atom. The number of hydrogen-bond donors (Lipinski definition) is 1. The van der Waals surface area contributed by atoms with Crippen LogP contribution in [0, 0.1) is 6.92 Å². The van der Waals surface area contributed by atoms with E-state index in [4.69, 9.17) is 9.84 Å². The fourth-order valence-electron chi connectivity index (χ4n) is 1.78. The number of anilines is 1. The Hall–Kier alpha value is -2.21. The summed E-state index contributed by atoms with van der Waals surface area (Å²) in [5.74, 6) is -2.30. The molecule has 0 aliphatic carbocycles. The maximum absolute atomic E-state index is 11.7. The van der Waals surface area contributed by atoms with Crippen molar-refractivity contribution in [3.05, 3.63) is 29.3 Å². The lowest BCUT2D eigenvalue weighted by Gasteiger charge is -2.26. The number of carboxylic acids is 1. The number of hydrogen-bond acceptors (Lipinski definition) is 4. The molecule has 0 radical (unpaired) electrons. The first-order valence-corrected chi connectivity index (χ1v) is 5.28. The first-order chi connectivity index (χ1) is 8.50. The van der Waals surface area contributed by atoms with Gasteiger partial charge in [-0.3, -0.25) is 9.59 Å². The van der Waals surface area contributed by atoms with E-state index < -0.39 is 17.8 Å². The van der Waals surface area contributed by atoms with Gasteiger partial charge in [0.2, 0.25) is 0 Å². The quantitative estimate of drug-likeness (QED) is 0.775. The number of rotatable bonds is 2. The van der Waals surface area contributed by atoms with Gasteiger partial charge in [-0.05, 0) is 19.1 Å². The minimum Gasteiger partial charge on any atom is -0.478 e. The Morgan fingerprint density at radius 2 is 1.89 bits per heavy atom. The van der Waals surface area contributed by atoms with E-state index in [-0.39, 0.29) is 24.5 Å². The molecule has 2 amide bonds. The largest absolute Gasteiger partial charge is 0.478 e. The molecule has 18 heavy (non-hydrogen) atoms. The summed E-state index contributed by atoms with van der Waals surface area (Å²) in [6, 6.07) is 4.53. The zero-order valence-electron chi connectivity index (χ0n) is 9.67. The van der Waals surface area contributed by atoms with Crippen LogP contribution in [0.2, 0.25) is 0 Å². The van der Waals surface area contributed by atoms with Gasteiger partial charge in [-0.1, -0.05) is 11.6 Å². The highest BCUT2D eigenvalue weighted by Gasteiger charge is 2.31. The van der Waals surface area contributed by atoms with Crippen LogP contribution in [-0.2, 0) is 14.3 Å². The average Bonchev–Trinajstić information content (AvgIpc) is 2.30. The Morgan fingerprint density at radius 1 is 1.28 bits per heavy atom. The van der Waals surface area contributed by atoms with Crippen LogP contribution in [0.5, 0.6) is 0 Å². The number of carboxylic acid groups (broad SMARTS) is 1. The topological polar surface area (TPSA) is 83.9 Å². The number of aromatic carboxylic acids is 1. The van der Waals surface area contributed by atoms with Gasteiger partial charge < -0.3 is 9.84 Å². The molecule has 6 nitrogen and oxygen atoms in total. The van der Waals surface area contributed by atoms with E-state index >= 15 is 0 Å². The Labute approximate surface area is 103 Å². The van der Waals surface area contributed by atoms with E-state index in [1.54, 1.807) is 13.0 Å². The molecule has 1 N–H and O–H groups in total. The number of morpholine rings is 1. The summed E-state index contributed by atoms with van der Waals surface area (Å²) in [7, 11) is 0. The van der Waals surface area contributed by atoms with Crippen molar-refractivity contribution in [1.82, 2.24) is 0 Å². The molecule has 0 atom stereocenters. The fourth-order valence-corrected chi connectivity index (χ4v) is 1.78. The molecule has 0 bridgehead atoms. The van der Waals surface area contributed by atoms with Gasteiger partial charge in [-0.2, -0.15) is 0 Å². The molecule has 1 aromatic carbocycles. The van der Waals surface area contributed by atoms with Crippen LogP contribution in [0.15, 0.2) is 18.2 Å². The molecular formula is C12H11NO5. The fraction of sp³-hybridized carbons (Fsp3) is 0.250. The predicted octanol–water partition coefficient (Wildman–Crippen LogP) is 0.583. The summed E-state index contributed by atoms with van der Waals surface area (Å²) in [4.78, 5) is 35.3. The van der Waals surface area contributed by atoms with Crippen LogP contribution in [0.4, 0.5) is 5.69 Å². The molecule has 1 aliphatic heterocycles. The summed E-state index contributed by atoms with van der Waals surface area (Å²) in [5.41, 5.74) is 0.759. The van der Waals surface area contributed by atoms with Gasteiger partial charge in [-0.15, -0.1) is 0 Å². The maximum Gasteiger partial charge on any atom is 0.337 e. The average molecular weight is 249 g/mol. The van der Waals surface area contributed by atoms with E-state index in [0.717, 1.165) is 10.5 Å². The van der Waals surface area contributed by atoms with E-state index in [0.29, 0.717) is 0 Å². The van der Waals surface area contributed by atoms with Crippen molar-refractivity contribution in [3.8, 4) is 0 Å². The second kappa shape index (κ2) is 4.58. The lowest BCUT2D eigenvalue weighted by atomic mass is 10.1. The van der Waals surface area contributed by atoms with Gasteiger partial charge in [0.15, 0.2) is 0 Å². The molecule has 1 saturated heterocycles. The molecule has 94 valence electrons. The van der Waals surface area contributed by atoms with Crippen molar-refractivity contribution in [1.29, 1.82) is 0 Å². The third kappa shape index (κ3) is 2.10. The maximum atomic E-state index is 11.7. The predicted molar refractivity (Wildman–Crippen MR) is 61.5 cm³/mol. The smallest absolute Gasteiger partial charge is 0.337 e. The van der Waals surface area contributed by atoms with Gasteiger partial charge in [0.1, 0.15) is 13.2 Å². The van der Waals surface area contributed by atoms with Crippen molar-refractivity contribution < 1.29 is 24.2 Å². The summed E-state index contributed by atoms with van der Waals surface area (Å²) in [6.07, 6.45) is 0. The number of ether oxygens (including phenoxy) is 1. The van der Waals surface area contributed by atoms with Gasteiger partial charge in [0.05, 0.1) is 11.3 Å². The molecule has 0 unspecified atom stereocenters. The van der Waals surface area contributed by atoms with Gasteiger partial charge in [0.25, 0.3) is 11.8 Å². The molecule has 1 aromatic rings. The number of carbonyl (C=O) groups excluding carboxylic acids is 2. The summed E-state index contributed by atoms with van der Waals surface area (Å²) in [5, 5.41) is 9.11. The third-order valence-corrected chi connectivity index (χ3v) is 2.57. The molecule has 1 heterocycles. The number of benzene rings is 1. The van der Waals surface area contributed by atoms with Crippen LogP contribution in [0.1, 0.15) is 15.9 Å². The number of nitrogens with zero attached hydrogens (tertiary/aromatic N) is 1. The van der Waals surface area contributed by atoms with E-state index in [2.05, 4.69) is 0 Å². The molecule has 1 aliphatic rings. The first-order valence-electron chi connectivity index (χ1n) is 5.28. The summed E-state index contributed by atoms with van der Waals surface area (Å²) in [6.45, 7) is 1.29. The van der Waals surface area contributed by atoms with E-state index in [1.165, 1.54) is 12.1 Å². The zero-order valence-corrected chi connectivity index (χ0v) is 9.67. The zero-order chi connectivity index (χ0) is 13.3. The molecule has 2 rings (SSSR count). The van der Waals surface area contributed by atoms with Gasteiger partial charge >= 0.3 is 5.97 Å². The van der Waals surface area contributed by atoms with Crippen molar-refractivity contribution in [2.75, 3.05) is 18.1 Å². The second-order valence-electron chi connectivity index (χ2n) is 3.94. The van der Waals surface area contributed by atoms with Gasteiger partial charge in [-0.25, -0.2) is 9.69 Å². The van der Waals surface area contributed by atoms with Crippen molar-refractivity contribution in [3.63, 3.8) is 0 Å². The lowest BCUT2D eigenvalue weighted by molar-refractivity contribution is -0.138. The second-order valence-corrected chi connectivity index (χ2v) is 3.94. The van der Waals surface area contributed by atoms with Gasteiger partial charge in [0, 0.05) is 0 Å². The molecule has 0 aromatic heterocycles. The first kappa shape index (κ1) is 12.3. The SMILES string of the molecule is Cc1ccc(N2C(=O)COCC2=O)c(C(=O)O)c1. The normalized spacial score (nSPS) is 15.9. The van der Waals surface area contributed by atoms with Crippen molar-refractivity contribution in [2.45, 2.75) is 6.92 Å². The number of imide groups is 1. The minimum atomic E-state index is -1.18. The molecular weight excluding hydrogens is 238 g/mol. The molecule has 6 heteroatoms. The van der Waals surface area contributed by atoms with Crippen LogP contribution in [0.25, 0.3) is 0 Å². The van der Waals surface area contributed by atoms with Crippen LogP contribution in [-0.4, -0.2) is 36.1 Å². The van der Waals surface area contributed by atoms with Crippen molar-refractivity contribution in [2.24, 2.45) is 0 Å². The Bertz CT molecular complexity index is 521. The monoisotopic (exact) mass is 249 g/mol. The molecule has 0 saturated carbocycles. The highest BCUT2D eigenvalue weighted by molar-refractivity contribution is 6.19.